The first kappa shape index (κ1) is 12.0. The van der Waals surface area contributed by atoms with Crippen LogP contribution in [0, 0.1) is 17.8 Å². The third kappa shape index (κ3) is 1.77. The first-order valence-electron chi connectivity index (χ1n) is 5.70. The molecular formula is C11H17N3S2. The maximum Gasteiger partial charge on any atom is 0.166 e. The van der Waals surface area contributed by atoms with Crippen LogP contribution in [0.25, 0.3) is 0 Å². The summed E-state index contributed by atoms with van der Waals surface area (Å²) in [6, 6.07) is 1.03. The molecule has 0 spiro atoms. The molecule has 0 amide bonds. The molecule has 1 aliphatic heterocycles. The lowest BCUT2D eigenvalue weighted by Gasteiger charge is -2.51. The van der Waals surface area contributed by atoms with Gasteiger partial charge in [0.1, 0.15) is 0 Å². The zero-order chi connectivity index (χ0) is 11.9. The Morgan fingerprint density at radius 1 is 1.06 bits per heavy atom. The lowest BCUT2D eigenvalue weighted by Crippen LogP contribution is -2.69. The molecule has 1 aliphatic carbocycles. The van der Waals surface area contributed by atoms with E-state index in [-0.39, 0.29) is 6.04 Å². The van der Waals surface area contributed by atoms with E-state index in [0.717, 1.165) is 5.11 Å². The van der Waals surface area contributed by atoms with E-state index in [2.05, 4.69) is 41.6 Å². The van der Waals surface area contributed by atoms with E-state index >= 15 is 0 Å². The molecule has 88 valence electrons. The Morgan fingerprint density at radius 3 is 2.00 bits per heavy atom. The van der Waals surface area contributed by atoms with Crippen molar-refractivity contribution >= 4 is 34.7 Å². The number of thiocarbonyl (C=S) groups is 2. The maximum atomic E-state index is 5.23. The molecule has 2 fully saturated rings. The van der Waals surface area contributed by atoms with Gasteiger partial charge in [-0.2, -0.15) is 0 Å². The van der Waals surface area contributed by atoms with Crippen molar-refractivity contribution in [2.24, 2.45) is 22.7 Å². The van der Waals surface area contributed by atoms with E-state index in [0.29, 0.717) is 29.8 Å². The Kier molecular flexibility index (Phi) is 3.29. The highest BCUT2D eigenvalue weighted by Gasteiger charge is 2.48. The van der Waals surface area contributed by atoms with Gasteiger partial charge < -0.3 is 10.6 Å². The Labute approximate surface area is 107 Å². The van der Waals surface area contributed by atoms with Crippen LogP contribution in [0.15, 0.2) is 4.99 Å². The van der Waals surface area contributed by atoms with Gasteiger partial charge in [-0.15, -0.1) is 0 Å². The van der Waals surface area contributed by atoms with Crippen molar-refractivity contribution in [2.45, 2.75) is 38.9 Å². The fourth-order valence-electron chi connectivity index (χ4n) is 3.25. The molecule has 1 saturated carbocycles. The summed E-state index contributed by atoms with van der Waals surface area (Å²) in [5.41, 5.74) is 0. The molecule has 2 unspecified atom stereocenters. The minimum absolute atomic E-state index is 0.242. The largest absolute Gasteiger partial charge is 0.359 e. The average Bonchev–Trinajstić information content (AvgIpc) is 2.25. The van der Waals surface area contributed by atoms with Gasteiger partial charge in [0, 0.05) is 23.9 Å². The van der Waals surface area contributed by atoms with Crippen molar-refractivity contribution in [3.05, 3.63) is 0 Å². The predicted octanol–water partition coefficient (Wildman–Crippen LogP) is 1.59. The fourth-order valence-corrected chi connectivity index (χ4v) is 3.64. The van der Waals surface area contributed by atoms with Crippen molar-refractivity contribution in [3.8, 4) is 0 Å². The first-order chi connectivity index (χ1) is 7.56. The highest BCUT2D eigenvalue weighted by Crippen LogP contribution is 2.37. The second-order valence-electron chi connectivity index (χ2n) is 4.96. The van der Waals surface area contributed by atoms with Crippen LogP contribution >= 0.6 is 24.4 Å². The predicted molar refractivity (Wildman–Crippen MR) is 72.8 cm³/mol. The van der Waals surface area contributed by atoms with Crippen molar-refractivity contribution in [3.63, 3.8) is 0 Å². The zero-order valence-corrected chi connectivity index (χ0v) is 11.4. The summed E-state index contributed by atoms with van der Waals surface area (Å²) in [6.45, 7) is 6.70. The number of isothiocyanates is 1. The molecule has 2 aliphatic rings. The Hall–Kier alpha value is -0.510. The molecule has 0 aromatic carbocycles. The molecule has 3 nitrogen and oxygen atoms in total. The van der Waals surface area contributed by atoms with E-state index in [1.54, 1.807) is 0 Å². The highest BCUT2D eigenvalue weighted by atomic mass is 32.1. The number of nitrogens with one attached hydrogen (secondary N) is 2. The average molecular weight is 255 g/mol. The quantitative estimate of drug-likeness (QED) is 0.551. The number of hydrogen-bond acceptors (Lipinski definition) is 3. The van der Waals surface area contributed by atoms with Gasteiger partial charge in [0.25, 0.3) is 0 Å². The fraction of sp³-hybridized carbons (Fsp3) is 0.818. The van der Waals surface area contributed by atoms with Gasteiger partial charge in [-0.1, -0.05) is 20.8 Å². The van der Waals surface area contributed by atoms with Gasteiger partial charge in [0.15, 0.2) is 5.11 Å². The van der Waals surface area contributed by atoms with Gasteiger partial charge in [-0.3, -0.25) is 0 Å². The molecule has 5 heteroatoms. The molecule has 1 heterocycles. The summed E-state index contributed by atoms with van der Waals surface area (Å²) in [6.07, 6.45) is 0. The van der Waals surface area contributed by atoms with E-state index in [1.807, 2.05) is 0 Å². The van der Waals surface area contributed by atoms with E-state index in [1.165, 1.54) is 0 Å². The van der Waals surface area contributed by atoms with E-state index in [4.69, 9.17) is 24.4 Å². The van der Waals surface area contributed by atoms with E-state index < -0.39 is 0 Å². The molecular weight excluding hydrogens is 238 g/mol. The van der Waals surface area contributed by atoms with Crippen LogP contribution in [0.4, 0.5) is 0 Å². The Bertz CT molecular complexity index is 329. The summed E-state index contributed by atoms with van der Waals surface area (Å²) < 4.78 is 0. The normalized spacial score (nSPS) is 46.3. The number of aliphatic imine (C=N–C) groups is 1. The molecule has 2 bridgehead atoms. The SMILES string of the molecule is CC1[C@H]2NC(=S)N[C@@H]1[C@H](C)C(N=C=S)[C@@H]2C. The minimum atomic E-state index is 0.242. The van der Waals surface area contributed by atoms with Gasteiger partial charge >= 0.3 is 0 Å². The standard InChI is InChI=1S/C11H17N3S2/c1-5-8(12-4-15)6(2)10-7(3)9(5)13-11(16)14-10/h5-10H,1-3H3,(H2,13,14,16)/t5-,6+,7?,8?,9-,10+. The van der Waals surface area contributed by atoms with E-state index in [9.17, 15) is 0 Å². The lowest BCUT2D eigenvalue weighted by molar-refractivity contribution is 0.0975. The zero-order valence-electron chi connectivity index (χ0n) is 9.73. The number of rotatable bonds is 1. The molecule has 2 rings (SSSR count). The monoisotopic (exact) mass is 255 g/mol. The highest BCUT2D eigenvalue weighted by molar-refractivity contribution is 7.80. The topological polar surface area (TPSA) is 36.4 Å². The number of fused-ring (bicyclic) bond motifs is 2. The van der Waals surface area contributed by atoms with Crippen molar-refractivity contribution in [1.82, 2.24) is 10.6 Å². The molecule has 0 radical (unpaired) electrons. The summed E-state index contributed by atoms with van der Waals surface area (Å²) in [5, 5.41) is 10.0. The molecule has 2 N–H and O–H groups in total. The number of nitrogens with zero attached hydrogens (tertiary/aromatic N) is 1. The maximum absolute atomic E-state index is 5.23. The summed E-state index contributed by atoms with van der Waals surface area (Å²) in [4.78, 5) is 4.33. The third-order valence-electron chi connectivity index (χ3n) is 4.14. The molecule has 0 aromatic rings. The molecule has 1 saturated heterocycles. The van der Waals surface area contributed by atoms with Crippen LogP contribution in [0.3, 0.4) is 0 Å². The second kappa shape index (κ2) is 4.40. The third-order valence-corrected chi connectivity index (χ3v) is 4.48. The first-order valence-corrected chi connectivity index (χ1v) is 6.52. The van der Waals surface area contributed by atoms with Crippen molar-refractivity contribution < 1.29 is 0 Å². The minimum Gasteiger partial charge on any atom is -0.359 e. The van der Waals surface area contributed by atoms with Gasteiger partial charge in [-0.05, 0) is 30.4 Å². The second-order valence-corrected chi connectivity index (χ2v) is 5.55. The van der Waals surface area contributed by atoms with Crippen molar-refractivity contribution in [2.75, 3.05) is 0 Å². The van der Waals surface area contributed by atoms with Crippen molar-refractivity contribution in [1.29, 1.82) is 0 Å². The summed E-state index contributed by atoms with van der Waals surface area (Å²) in [5.74, 6) is 1.45. The lowest BCUT2D eigenvalue weighted by atomic mass is 9.66. The molecule has 16 heavy (non-hydrogen) atoms. The summed E-state index contributed by atoms with van der Waals surface area (Å²) in [7, 11) is 0. The van der Waals surface area contributed by atoms with Crippen LogP contribution < -0.4 is 10.6 Å². The Morgan fingerprint density at radius 2 is 1.56 bits per heavy atom. The molecule has 6 atom stereocenters. The van der Waals surface area contributed by atoms with Crippen LogP contribution in [0.5, 0.6) is 0 Å². The van der Waals surface area contributed by atoms with Gasteiger partial charge in [0.05, 0.1) is 11.2 Å². The van der Waals surface area contributed by atoms with Crippen LogP contribution in [0.1, 0.15) is 20.8 Å². The van der Waals surface area contributed by atoms with Gasteiger partial charge in [-0.25, -0.2) is 4.99 Å². The number of hydrogen-bond donors (Lipinski definition) is 2. The summed E-state index contributed by atoms with van der Waals surface area (Å²) >= 11 is 9.97. The van der Waals surface area contributed by atoms with Crippen LogP contribution in [0.2, 0.25) is 0 Å². The van der Waals surface area contributed by atoms with Crippen LogP contribution in [-0.4, -0.2) is 28.4 Å². The smallest absolute Gasteiger partial charge is 0.166 e. The molecule has 0 aromatic heterocycles. The Balaban J connectivity index is 2.32. The van der Waals surface area contributed by atoms with Crippen LogP contribution in [-0.2, 0) is 0 Å². The van der Waals surface area contributed by atoms with Gasteiger partial charge in [0.2, 0.25) is 0 Å².